The van der Waals surface area contributed by atoms with Gasteiger partial charge in [-0.25, -0.2) is 4.79 Å². The van der Waals surface area contributed by atoms with E-state index < -0.39 is 5.97 Å². The number of hydrogen-bond donors (Lipinski definition) is 2. The van der Waals surface area contributed by atoms with Crippen molar-refractivity contribution >= 4 is 5.97 Å². The van der Waals surface area contributed by atoms with E-state index in [0.29, 0.717) is 12.4 Å². The maximum Gasteiger partial charge on any atom is 0.339 e. The van der Waals surface area contributed by atoms with Gasteiger partial charge in [0.15, 0.2) is 0 Å². The first kappa shape index (κ1) is 27.6. The van der Waals surface area contributed by atoms with Crippen molar-refractivity contribution in [2.45, 2.75) is 26.3 Å². The van der Waals surface area contributed by atoms with Crippen LogP contribution in [0.15, 0.2) is 103 Å². The third-order valence-electron chi connectivity index (χ3n) is 5.79. The third-order valence-corrected chi connectivity index (χ3v) is 5.79. The Hall–Kier alpha value is -4.03. The molecule has 6 heteroatoms. The molecule has 0 saturated carbocycles. The summed E-state index contributed by atoms with van der Waals surface area (Å²) in [6.07, 6.45) is 5.90. The Morgan fingerprint density at radius 3 is 2.41 bits per heavy atom. The normalized spacial score (nSPS) is 10.8. The molecule has 0 fully saturated rings. The number of unbranched alkanes of at least 4 members (excludes halogenated alkanes) is 1. The van der Waals surface area contributed by atoms with E-state index in [-0.39, 0.29) is 5.56 Å². The lowest BCUT2D eigenvalue weighted by molar-refractivity contribution is 0.0692. The highest BCUT2D eigenvalue weighted by molar-refractivity contribution is 5.90. The molecule has 0 spiro atoms. The van der Waals surface area contributed by atoms with Gasteiger partial charge in [0.05, 0.1) is 6.61 Å². The number of nitrogens with one attached hydrogen (secondary N) is 1. The number of ether oxygens (including phenoxy) is 2. The van der Waals surface area contributed by atoms with E-state index in [1.165, 1.54) is 5.56 Å². The van der Waals surface area contributed by atoms with Crippen molar-refractivity contribution in [1.29, 1.82) is 0 Å². The van der Waals surface area contributed by atoms with E-state index in [2.05, 4.69) is 41.9 Å². The van der Waals surface area contributed by atoms with Crippen LogP contribution in [0.25, 0.3) is 0 Å². The molecule has 0 amide bonds. The van der Waals surface area contributed by atoms with Crippen molar-refractivity contribution in [3.63, 3.8) is 0 Å². The van der Waals surface area contributed by atoms with Gasteiger partial charge in [-0.05, 0) is 67.8 Å². The van der Waals surface area contributed by atoms with Gasteiger partial charge in [-0.1, -0.05) is 55.1 Å². The van der Waals surface area contributed by atoms with Crippen molar-refractivity contribution in [2.24, 2.45) is 0 Å². The molecule has 0 aliphatic carbocycles. The van der Waals surface area contributed by atoms with Crippen LogP contribution in [-0.2, 0) is 6.54 Å². The molecule has 0 atom stereocenters. The topological polar surface area (TPSA) is 71.0 Å². The molecule has 0 heterocycles. The number of aromatic carboxylic acids is 1. The molecule has 194 valence electrons. The Labute approximate surface area is 219 Å². The fraction of sp³-hybridized carbons (Fsp3) is 0.258. The van der Waals surface area contributed by atoms with Crippen LogP contribution in [0, 0.1) is 0 Å². The number of rotatable bonds is 16. The molecule has 0 aliphatic heterocycles. The predicted octanol–water partition coefficient (Wildman–Crippen LogP) is 6.52. The number of carboxylic acid groups (broad SMARTS) is 1. The summed E-state index contributed by atoms with van der Waals surface area (Å²) in [6.45, 7) is 10.1. The number of para-hydroxylation sites is 2. The van der Waals surface area contributed by atoms with E-state index >= 15 is 0 Å². The van der Waals surface area contributed by atoms with Crippen LogP contribution in [0.5, 0.6) is 17.2 Å². The van der Waals surface area contributed by atoms with Gasteiger partial charge in [-0.2, -0.15) is 0 Å². The van der Waals surface area contributed by atoms with Crippen LogP contribution in [0.1, 0.15) is 35.7 Å². The van der Waals surface area contributed by atoms with E-state index in [4.69, 9.17) is 9.47 Å². The SMILES string of the molecule is C=C(/C=C\CNCc1ccc(Oc2ccccc2)cc1)N(CC)CCCCOc1ccccc1C(=O)O. The highest BCUT2D eigenvalue weighted by atomic mass is 16.5. The van der Waals surface area contributed by atoms with Crippen LogP contribution >= 0.6 is 0 Å². The molecule has 0 saturated heterocycles. The number of benzene rings is 3. The molecule has 2 N–H and O–H groups in total. The lowest BCUT2D eigenvalue weighted by atomic mass is 10.2. The zero-order chi connectivity index (χ0) is 26.3. The predicted molar refractivity (Wildman–Crippen MR) is 148 cm³/mol. The van der Waals surface area contributed by atoms with E-state index in [1.54, 1.807) is 24.3 Å². The monoisotopic (exact) mass is 500 g/mol. The van der Waals surface area contributed by atoms with Gasteiger partial charge >= 0.3 is 5.97 Å². The van der Waals surface area contributed by atoms with Crippen molar-refractivity contribution in [3.8, 4) is 17.2 Å². The summed E-state index contributed by atoms with van der Waals surface area (Å²) >= 11 is 0. The molecule has 0 bridgehead atoms. The fourth-order valence-electron chi connectivity index (χ4n) is 3.76. The smallest absolute Gasteiger partial charge is 0.339 e. The van der Waals surface area contributed by atoms with Crippen molar-refractivity contribution in [3.05, 3.63) is 114 Å². The molecular formula is C31H36N2O4. The molecule has 3 rings (SSSR count). The lowest BCUT2D eigenvalue weighted by Gasteiger charge is -2.23. The second-order valence-corrected chi connectivity index (χ2v) is 8.52. The van der Waals surface area contributed by atoms with Crippen LogP contribution < -0.4 is 14.8 Å². The standard InChI is InChI=1S/C31H36N2O4/c1-3-33(22-9-10-23-36-30-16-8-7-15-29(30)31(34)35)25(2)12-11-21-32-24-26-17-19-28(20-18-26)37-27-13-5-4-6-14-27/h4-8,11-20,32H,2-3,9-10,21-24H2,1H3,(H,34,35)/b12-11-. The minimum atomic E-state index is -0.975. The number of likely N-dealkylation sites (N-methyl/N-ethyl adjacent to an activating group) is 1. The number of allylic oxidation sites excluding steroid dienone is 1. The first-order chi connectivity index (χ1) is 18.1. The largest absolute Gasteiger partial charge is 0.493 e. The maximum atomic E-state index is 11.3. The third kappa shape index (κ3) is 9.50. The zero-order valence-electron chi connectivity index (χ0n) is 21.4. The van der Waals surface area contributed by atoms with E-state index in [9.17, 15) is 9.90 Å². The zero-order valence-corrected chi connectivity index (χ0v) is 21.4. The summed E-state index contributed by atoms with van der Waals surface area (Å²) in [5, 5.41) is 12.7. The summed E-state index contributed by atoms with van der Waals surface area (Å²) in [4.78, 5) is 13.5. The second kappa shape index (κ2) is 15.2. The van der Waals surface area contributed by atoms with Crippen LogP contribution in [-0.4, -0.2) is 42.2 Å². The first-order valence-electron chi connectivity index (χ1n) is 12.6. The Morgan fingerprint density at radius 1 is 0.973 bits per heavy atom. The Morgan fingerprint density at radius 2 is 1.68 bits per heavy atom. The van der Waals surface area contributed by atoms with Gasteiger partial charge in [0.25, 0.3) is 0 Å². The molecule has 6 nitrogen and oxygen atoms in total. The first-order valence-corrected chi connectivity index (χ1v) is 12.6. The molecular weight excluding hydrogens is 464 g/mol. The average molecular weight is 501 g/mol. The Kier molecular flexibility index (Phi) is 11.3. The molecule has 0 aliphatic rings. The van der Waals surface area contributed by atoms with Crippen LogP contribution in [0.3, 0.4) is 0 Å². The molecule has 0 aromatic heterocycles. The van der Waals surface area contributed by atoms with Crippen molar-refractivity contribution in [1.82, 2.24) is 10.2 Å². The van der Waals surface area contributed by atoms with E-state index in [1.807, 2.05) is 48.5 Å². The minimum absolute atomic E-state index is 0.193. The Bertz CT molecular complexity index is 1140. The summed E-state index contributed by atoms with van der Waals surface area (Å²) < 4.78 is 11.5. The van der Waals surface area contributed by atoms with Crippen molar-refractivity contribution < 1.29 is 19.4 Å². The van der Waals surface area contributed by atoms with Gasteiger partial charge in [0, 0.05) is 31.9 Å². The number of hydrogen-bond acceptors (Lipinski definition) is 5. The summed E-state index contributed by atoms with van der Waals surface area (Å²) in [5.41, 5.74) is 2.36. The second-order valence-electron chi connectivity index (χ2n) is 8.52. The van der Waals surface area contributed by atoms with Gasteiger partial charge < -0.3 is 24.8 Å². The number of nitrogens with zero attached hydrogens (tertiary/aromatic N) is 1. The summed E-state index contributed by atoms with van der Waals surface area (Å²) in [7, 11) is 0. The summed E-state index contributed by atoms with van der Waals surface area (Å²) in [5.74, 6) is 1.09. The van der Waals surface area contributed by atoms with E-state index in [0.717, 1.165) is 56.2 Å². The van der Waals surface area contributed by atoms with Gasteiger partial charge in [0.2, 0.25) is 0 Å². The number of carbonyl (C=O) groups is 1. The number of carboxylic acids is 1. The molecule has 0 unspecified atom stereocenters. The fourth-order valence-corrected chi connectivity index (χ4v) is 3.76. The molecule has 37 heavy (non-hydrogen) atoms. The highest BCUT2D eigenvalue weighted by Gasteiger charge is 2.10. The van der Waals surface area contributed by atoms with Crippen molar-refractivity contribution in [2.75, 3.05) is 26.2 Å². The van der Waals surface area contributed by atoms with Crippen LogP contribution in [0.4, 0.5) is 0 Å². The molecule has 3 aromatic rings. The van der Waals surface area contributed by atoms with Gasteiger partial charge in [-0.15, -0.1) is 0 Å². The minimum Gasteiger partial charge on any atom is -0.493 e. The van der Waals surface area contributed by atoms with Gasteiger partial charge in [-0.3, -0.25) is 0 Å². The highest BCUT2D eigenvalue weighted by Crippen LogP contribution is 2.21. The summed E-state index contributed by atoms with van der Waals surface area (Å²) in [6, 6.07) is 24.6. The molecule has 0 radical (unpaired) electrons. The van der Waals surface area contributed by atoms with Gasteiger partial charge in [0.1, 0.15) is 22.8 Å². The molecule has 3 aromatic carbocycles. The lowest BCUT2D eigenvalue weighted by Crippen LogP contribution is -2.23. The Balaban J connectivity index is 1.31. The maximum absolute atomic E-state index is 11.3. The average Bonchev–Trinajstić information content (AvgIpc) is 2.92. The quantitative estimate of drug-likeness (QED) is 0.172. The van der Waals surface area contributed by atoms with Crippen LogP contribution in [0.2, 0.25) is 0 Å².